The van der Waals surface area contributed by atoms with Gasteiger partial charge in [-0.2, -0.15) is 0 Å². The van der Waals surface area contributed by atoms with E-state index in [9.17, 15) is 4.79 Å². The lowest BCUT2D eigenvalue weighted by Gasteiger charge is -2.21. The molecule has 3 rings (SSSR count). The maximum Gasteiger partial charge on any atom is 0.371 e. The van der Waals surface area contributed by atoms with E-state index in [0.29, 0.717) is 12.3 Å². The van der Waals surface area contributed by atoms with E-state index in [0.717, 1.165) is 13.1 Å². The Morgan fingerprint density at radius 2 is 1.52 bits per heavy atom. The first-order valence-electron chi connectivity index (χ1n) is 8.24. The summed E-state index contributed by atoms with van der Waals surface area (Å²) in [5, 5.41) is 9.02. The van der Waals surface area contributed by atoms with Crippen molar-refractivity contribution in [2.75, 3.05) is 0 Å². The van der Waals surface area contributed by atoms with Crippen molar-refractivity contribution in [3.63, 3.8) is 0 Å². The molecule has 0 atom stereocenters. The molecule has 0 radical (unpaired) electrons. The number of carboxylic acids is 1. The highest BCUT2D eigenvalue weighted by atomic mass is 16.4. The zero-order chi connectivity index (χ0) is 17.6. The monoisotopic (exact) mass is 335 g/mol. The van der Waals surface area contributed by atoms with Crippen LogP contribution in [0.25, 0.3) is 0 Å². The van der Waals surface area contributed by atoms with E-state index >= 15 is 0 Å². The number of aromatic carboxylic acids is 1. The predicted molar refractivity (Wildman–Crippen MR) is 96.2 cm³/mol. The molecule has 2 aromatic carbocycles. The molecule has 0 saturated heterocycles. The van der Waals surface area contributed by atoms with E-state index in [2.05, 4.69) is 48.2 Å². The van der Waals surface area contributed by atoms with Gasteiger partial charge in [0.15, 0.2) is 0 Å². The molecule has 0 amide bonds. The summed E-state index contributed by atoms with van der Waals surface area (Å²) in [5.74, 6) is -0.412. The van der Waals surface area contributed by atoms with E-state index in [1.807, 2.05) is 18.2 Å². The summed E-state index contributed by atoms with van der Waals surface area (Å²) in [6.07, 6.45) is 0. The van der Waals surface area contributed by atoms with Crippen molar-refractivity contribution in [3.05, 3.63) is 94.9 Å². The summed E-state index contributed by atoms with van der Waals surface area (Å²) >= 11 is 0. The third kappa shape index (κ3) is 4.81. The second-order valence-electron chi connectivity index (χ2n) is 6.19. The van der Waals surface area contributed by atoms with Crippen molar-refractivity contribution < 1.29 is 14.3 Å². The van der Waals surface area contributed by atoms with Crippen molar-refractivity contribution >= 4 is 5.97 Å². The SMILES string of the molecule is Cc1ccc(CN(Cc2ccccc2)Cc2ccc(C(=O)O)o2)cc1. The molecule has 3 aromatic rings. The van der Waals surface area contributed by atoms with Crippen LogP contribution in [-0.4, -0.2) is 16.0 Å². The minimum atomic E-state index is -1.04. The van der Waals surface area contributed by atoms with Gasteiger partial charge >= 0.3 is 5.97 Å². The Labute approximate surface area is 147 Å². The normalized spacial score (nSPS) is 11.0. The zero-order valence-corrected chi connectivity index (χ0v) is 14.2. The molecule has 0 saturated carbocycles. The molecule has 4 nitrogen and oxygen atoms in total. The van der Waals surface area contributed by atoms with Gasteiger partial charge in [-0.3, -0.25) is 4.90 Å². The molecule has 4 heteroatoms. The first-order chi connectivity index (χ1) is 12.1. The Morgan fingerprint density at radius 1 is 0.880 bits per heavy atom. The third-order valence-corrected chi connectivity index (χ3v) is 4.03. The lowest BCUT2D eigenvalue weighted by molar-refractivity contribution is 0.0658. The summed E-state index contributed by atoms with van der Waals surface area (Å²) in [5.41, 5.74) is 3.65. The van der Waals surface area contributed by atoms with Gasteiger partial charge in [0, 0.05) is 13.1 Å². The van der Waals surface area contributed by atoms with Crippen LogP contribution in [0, 0.1) is 6.92 Å². The van der Waals surface area contributed by atoms with E-state index < -0.39 is 5.97 Å². The Morgan fingerprint density at radius 3 is 2.12 bits per heavy atom. The van der Waals surface area contributed by atoms with Crippen molar-refractivity contribution in [1.82, 2.24) is 4.90 Å². The number of rotatable bonds is 7. The van der Waals surface area contributed by atoms with Crippen LogP contribution < -0.4 is 0 Å². The molecule has 0 bridgehead atoms. The van der Waals surface area contributed by atoms with Crippen LogP contribution >= 0.6 is 0 Å². The molecule has 0 spiro atoms. The minimum absolute atomic E-state index is 0.0232. The molecule has 128 valence electrons. The second-order valence-corrected chi connectivity index (χ2v) is 6.19. The van der Waals surface area contributed by atoms with Gasteiger partial charge in [0.1, 0.15) is 5.76 Å². The molecular formula is C21H21NO3. The van der Waals surface area contributed by atoms with E-state index in [-0.39, 0.29) is 5.76 Å². The Bertz CT molecular complexity index is 822. The van der Waals surface area contributed by atoms with Gasteiger partial charge in [-0.1, -0.05) is 60.2 Å². The van der Waals surface area contributed by atoms with Gasteiger partial charge in [0.05, 0.1) is 6.54 Å². The summed E-state index contributed by atoms with van der Waals surface area (Å²) < 4.78 is 5.43. The maximum atomic E-state index is 11.0. The smallest absolute Gasteiger partial charge is 0.371 e. The number of nitrogens with zero attached hydrogens (tertiary/aromatic N) is 1. The van der Waals surface area contributed by atoms with Gasteiger partial charge in [-0.05, 0) is 30.2 Å². The van der Waals surface area contributed by atoms with Crippen molar-refractivity contribution in [3.8, 4) is 0 Å². The average molecular weight is 335 g/mol. The molecular weight excluding hydrogens is 314 g/mol. The minimum Gasteiger partial charge on any atom is -0.475 e. The van der Waals surface area contributed by atoms with Gasteiger partial charge in [-0.25, -0.2) is 4.79 Å². The lowest BCUT2D eigenvalue weighted by Crippen LogP contribution is -2.22. The molecule has 1 heterocycles. The van der Waals surface area contributed by atoms with E-state index in [1.165, 1.54) is 22.8 Å². The standard InChI is InChI=1S/C21H21NO3/c1-16-7-9-18(10-8-16)14-22(13-17-5-3-2-4-6-17)15-19-11-12-20(25-19)21(23)24/h2-12H,13-15H2,1H3,(H,23,24). The first-order valence-corrected chi connectivity index (χ1v) is 8.24. The van der Waals surface area contributed by atoms with Crippen molar-refractivity contribution in [2.24, 2.45) is 0 Å². The fraction of sp³-hybridized carbons (Fsp3) is 0.190. The van der Waals surface area contributed by atoms with Crippen LogP contribution in [0.2, 0.25) is 0 Å². The number of benzene rings is 2. The average Bonchev–Trinajstić information content (AvgIpc) is 3.07. The quantitative estimate of drug-likeness (QED) is 0.691. The van der Waals surface area contributed by atoms with E-state index in [4.69, 9.17) is 9.52 Å². The first kappa shape index (κ1) is 17.0. The second kappa shape index (κ2) is 7.81. The number of aryl methyl sites for hydroxylation is 1. The van der Waals surface area contributed by atoms with Crippen molar-refractivity contribution in [2.45, 2.75) is 26.6 Å². The van der Waals surface area contributed by atoms with E-state index in [1.54, 1.807) is 6.07 Å². The molecule has 0 aliphatic heterocycles. The van der Waals surface area contributed by atoms with Crippen LogP contribution in [-0.2, 0) is 19.6 Å². The molecule has 1 aromatic heterocycles. The van der Waals surface area contributed by atoms with Crippen LogP contribution in [0.5, 0.6) is 0 Å². The maximum absolute atomic E-state index is 11.0. The molecule has 0 aliphatic rings. The van der Waals surface area contributed by atoms with Gasteiger partial charge in [-0.15, -0.1) is 0 Å². The summed E-state index contributed by atoms with van der Waals surface area (Å²) in [6.45, 7) is 4.15. The topological polar surface area (TPSA) is 53.7 Å². The van der Waals surface area contributed by atoms with Crippen LogP contribution in [0.4, 0.5) is 0 Å². The summed E-state index contributed by atoms with van der Waals surface area (Å²) in [6, 6.07) is 21.9. The molecule has 1 N–H and O–H groups in total. The zero-order valence-electron chi connectivity index (χ0n) is 14.2. The molecule has 25 heavy (non-hydrogen) atoms. The highest BCUT2D eigenvalue weighted by molar-refractivity contribution is 5.84. The highest BCUT2D eigenvalue weighted by Crippen LogP contribution is 2.16. The van der Waals surface area contributed by atoms with Crippen molar-refractivity contribution in [1.29, 1.82) is 0 Å². The third-order valence-electron chi connectivity index (χ3n) is 4.03. The highest BCUT2D eigenvalue weighted by Gasteiger charge is 2.13. The molecule has 0 unspecified atom stereocenters. The Kier molecular flexibility index (Phi) is 5.31. The molecule has 0 aliphatic carbocycles. The Hall–Kier alpha value is -2.85. The van der Waals surface area contributed by atoms with Gasteiger partial charge < -0.3 is 9.52 Å². The van der Waals surface area contributed by atoms with Gasteiger partial charge in [0.25, 0.3) is 0 Å². The van der Waals surface area contributed by atoms with Crippen LogP contribution in [0.15, 0.2) is 71.1 Å². The number of carboxylic acid groups (broad SMARTS) is 1. The molecule has 0 fully saturated rings. The predicted octanol–water partition coefficient (Wildman–Crippen LogP) is 4.49. The fourth-order valence-corrected chi connectivity index (χ4v) is 2.76. The lowest BCUT2D eigenvalue weighted by atomic mass is 10.1. The number of furan rings is 1. The fourth-order valence-electron chi connectivity index (χ4n) is 2.76. The van der Waals surface area contributed by atoms with Gasteiger partial charge in [0.2, 0.25) is 5.76 Å². The summed E-state index contributed by atoms with van der Waals surface area (Å²) in [4.78, 5) is 13.2. The van der Waals surface area contributed by atoms with Crippen LogP contribution in [0.1, 0.15) is 33.0 Å². The largest absolute Gasteiger partial charge is 0.475 e. The number of hydrogen-bond donors (Lipinski definition) is 1. The Balaban J connectivity index is 1.77. The van der Waals surface area contributed by atoms with Crippen LogP contribution in [0.3, 0.4) is 0 Å². The summed E-state index contributed by atoms with van der Waals surface area (Å²) in [7, 11) is 0. The number of hydrogen-bond acceptors (Lipinski definition) is 3. The number of carbonyl (C=O) groups is 1.